The maximum Gasteiger partial charge on any atom is 0.122 e. The van der Waals surface area contributed by atoms with Crippen molar-refractivity contribution in [2.24, 2.45) is 0 Å². The average molecular weight is 235 g/mol. The van der Waals surface area contributed by atoms with Gasteiger partial charge in [-0.15, -0.1) is 0 Å². The highest BCUT2D eigenvalue weighted by Crippen LogP contribution is 2.20. The zero-order chi connectivity index (χ0) is 12.1. The molecule has 3 heteroatoms. The fourth-order valence-corrected chi connectivity index (χ4v) is 2.48. The van der Waals surface area contributed by atoms with E-state index in [1.807, 2.05) is 18.2 Å². The summed E-state index contributed by atoms with van der Waals surface area (Å²) >= 11 is 0. The summed E-state index contributed by atoms with van der Waals surface area (Å²) < 4.78 is 5.31. The van der Waals surface area contributed by atoms with E-state index in [1.165, 1.54) is 5.56 Å². The first kappa shape index (κ1) is 12.4. The van der Waals surface area contributed by atoms with E-state index < -0.39 is 0 Å². The van der Waals surface area contributed by atoms with Crippen LogP contribution in [0.15, 0.2) is 24.3 Å². The first-order valence-electron chi connectivity index (χ1n) is 6.34. The Labute approximate surface area is 103 Å². The van der Waals surface area contributed by atoms with Crippen molar-refractivity contribution in [2.75, 3.05) is 13.7 Å². The van der Waals surface area contributed by atoms with E-state index >= 15 is 0 Å². The molecule has 1 fully saturated rings. The third-order valence-corrected chi connectivity index (χ3v) is 3.47. The summed E-state index contributed by atoms with van der Waals surface area (Å²) in [7, 11) is 1.70. The predicted molar refractivity (Wildman–Crippen MR) is 68.3 cm³/mol. The summed E-state index contributed by atoms with van der Waals surface area (Å²) in [6, 6.07) is 8.37. The summed E-state index contributed by atoms with van der Waals surface area (Å²) in [4.78, 5) is 0. The number of nitrogens with one attached hydrogen (secondary N) is 1. The Hall–Kier alpha value is -1.06. The Morgan fingerprint density at radius 1 is 1.35 bits per heavy atom. The highest BCUT2D eigenvalue weighted by Gasteiger charge is 2.24. The molecule has 0 amide bonds. The molecule has 0 aliphatic heterocycles. The van der Waals surface area contributed by atoms with E-state index in [9.17, 15) is 5.11 Å². The van der Waals surface area contributed by atoms with Gasteiger partial charge in [0.25, 0.3) is 0 Å². The van der Waals surface area contributed by atoms with Gasteiger partial charge in [0.2, 0.25) is 0 Å². The van der Waals surface area contributed by atoms with Crippen LogP contribution in [0.4, 0.5) is 0 Å². The molecule has 2 rings (SSSR count). The number of rotatable bonds is 5. The molecule has 1 aromatic rings. The minimum atomic E-state index is -0.160. The van der Waals surface area contributed by atoms with Crippen molar-refractivity contribution in [3.8, 4) is 5.75 Å². The topological polar surface area (TPSA) is 41.5 Å². The van der Waals surface area contributed by atoms with Crippen molar-refractivity contribution in [3.05, 3.63) is 29.8 Å². The maximum absolute atomic E-state index is 9.70. The van der Waals surface area contributed by atoms with Gasteiger partial charge in [0.15, 0.2) is 0 Å². The summed E-state index contributed by atoms with van der Waals surface area (Å²) in [5.74, 6) is 0.946. The Morgan fingerprint density at radius 3 is 2.88 bits per heavy atom. The van der Waals surface area contributed by atoms with E-state index in [0.717, 1.165) is 38.0 Å². The molecule has 1 aliphatic rings. The molecule has 1 aromatic carbocycles. The molecule has 0 spiro atoms. The molecule has 0 heterocycles. The second-order valence-corrected chi connectivity index (χ2v) is 4.62. The zero-order valence-electron chi connectivity index (χ0n) is 10.4. The van der Waals surface area contributed by atoms with Crippen LogP contribution >= 0.6 is 0 Å². The Balaban J connectivity index is 1.81. The maximum atomic E-state index is 9.70. The van der Waals surface area contributed by atoms with E-state index in [4.69, 9.17) is 4.74 Å². The average Bonchev–Trinajstić information content (AvgIpc) is 2.76. The molecule has 2 N–H and O–H groups in total. The Bertz CT molecular complexity index is 354. The molecule has 2 atom stereocenters. The van der Waals surface area contributed by atoms with Crippen LogP contribution in [0.2, 0.25) is 0 Å². The van der Waals surface area contributed by atoms with E-state index in [0.29, 0.717) is 0 Å². The molecule has 0 aromatic heterocycles. The SMILES string of the molecule is COc1ccccc1CCNC1CCCC1O. The predicted octanol–water partition coefficient (Wildman–Crippen LogP) is 1.74. The fourth-order valence-electron chi connectivity index (χ4n) is 2.48. The molecule has 2 unspecified atom stereocenters. The number of ether oxygens (including phenoxy) is 1. The number of aliphatic hydroxyl groups excluding tert-OH is 1. The summed E-state index contributed by atoms with van der Waals surface area (Å²) in [6.07, 6.45) is 3.94. The highest BCUT2D eigenvalue weighted by molar-refractivity contribution is 5.33. The Morgan fingerprint density at radius 2 is 2.18 bits per heavy atom. The van der Waals surface area contributed by atoms with Crippen LogP contribution in [0.1, 0.15) is 24.8 Å². The van der Waals surface area contributed by atoms with Crippen molar-refractivity contribution in [2.45, 2.75) is 37.8 Å². The lowest BCUT2D eigenvalue weighted by Gasteiger charge is -2.16. The summed E-state index contributed by atoms with van der Waals surface area (Å²) in [5, 5.41) is 13.1. The van der Waals surface area contributed by atoms with Gasteiger partial charge in [0.05, 0.1) is 13.2 Å². The van der Waals surface area contributed by atoms with Gasteiger partial charge in [-0.1, -0.05) is 18.2 Å². The van der Waals surface area contributed by atoms with Crippen LogP contribution in [0.25, 0.3) is 0 Å². The van der Waals surface area contributed by atoms with E-state index in [2.05, 4.69) is 11.4 Å². The Kier molecular flexibility index (Phi) is 4.40. The fraction of sp³-hybridized carbons (Fsp3) is 0.571. The lowest BCUT2D eigenvalue weighted by molar-refractivity contribution is 0.149. The van der Waals surface area contributed by atoms with Crippen molar-refractivity contribution in [3.63, 3.8) is 0 Å². The molecular weight excluding hydrogens is 214 g/mol. The van der Waals surface area contributed by atoms with Crippen LogP contribution in [-0.2, 0) is 6.42 Å². The molecule has 17 heavy (non-hydrogen) atoms. The second-order valence-electron chi connectivity index (χ2n) is 4.62. The van der Waals surface area contributed by atoms with Crippen LogP contribution in [-0.4, -0.2) is 30.9 Å². The number of hydrogen-bond donors (Lipinski definition) is 2. The van der Waals surface area contributed by atoms with Gasteiger partial charge in [0.1, 0.15) is 5.75 Å². The minimum Gasteiger partial charge on any atom is -0.496 e. The molecule has 0 saturated heterocycles. The normalized spacial score (nSPS) is 23.9. The van der Waals surface area contributed by atoms with Gasteiger partial charge in [0, 0.05) is 6.04 Å². The first-order valence-corrected chi connectivity index (χ1v) is 6.34. The van der Waals surface area contributed by atoms with Crippen LogP contribution < -0.4 is 10.1 Å². The third kappa shape index (κ3) is 3.20. The van der Waals surface area contributed by atoms with Gasteiger partial charge < -0.3 is 15.2 Å². The van der Waals surface area contributed by atoms with Crippen molar-refractivity contribution in [1.29, 1.82) is 0 Å². The van der Waals surface area contributed by atoms with Crippen molar-refractivity contribution >= 4 is 0 Å². The molecule has 0 radical (unpaired) electrons. The number of methoxy groups -OCH3 is 1. The first-order chi connectivity index (χ1) is 8.31. The van der Waals surface area contributed by atoms with Crippen LogP contribution in [0.3, 0.4) is 0 Å². The minimum absolute atomic E-state index is 0.160. The monoisotopic (exact) mass is 235 g/mol. The van der Waals surface area contributed by atoms with Crippen molar-refractivity contribution < 1.29 is 9.84 Å². The van der Waals surface area contributed by atoms with E-state index in [1.54, 1.807) is 7.11 Å². The molecule has 1 aliphatic carbocycles. The standard InChI is InChI=1S/C14H21NO2/c1-17-14-8-3-2-5-11(14)9-10-15-12-6-4-7-13(12)16/h2-3,5,8,12-13,15-16H,4,6-7,9-10H2,1H3. The second kappa shape index (κ2) is 6.03. The summed E-state index contributed by atoms with van der Waals surface area (Å²) in [6.45, 7) is 0.891. The van der Waals surface area contributed by atoms with Gasteiger partial charge in [-0.2, -0.15) is 0 Å². The van der Waals surface area contributed by atoms with E-state index in [-0.39, 0.29) is 12.1 Å². The zero-order valence-corrected chi connectivity index (χ0v) is 10.4. The number of aliphatic hydroxyl groups is 1. The lowest BCUT2D eigenvalue weighted by atomic mass is 10.1. The molecule has 0 bridgehead atoms. The van der Waals surface area contributed by atoms with Gasteiger partial charge in [-0.05, 0) is 43.9 Å². The number of benzene rings is 1. The molecule has 1 saturated carbocycles. The highest BCUT2D eigenvalue weighted by atomic mass is 16.5. The van der Waals surface area contributed by atoms with Crippen molar-refractivity contribution in [1.82, 2.24) is 5.32 Å². The molecule has 94 valence electrons. The summed E-state index contributed by atoms with van der Waals surface area (Å²) in [5.41, 5.74) is 1.22. The lowest BCUT2D eigenvalue weighted by Crippen LogP contribution is -2.36. The van der Waals surface area contributed by atoms with Gasteiger partial charge in [-0.25, -0.2) is 0 Å². The number of para-hydroxylation sites is 1. The van der Waals surface area contributed by atoms with Crippen LogP contribution in [0, 0.1) is 0 Å². The quantitative estimate of drug-likeness (QED) is 0.817. The molecular formula is C14H21NO2. The van der Waals surface area contributed by atoms with Gasteiger partial charge >= 0.3 is 0 Å². The largest absolute Gasteiger partial charge is 0.496 e. The third-order valence-electron chi connectivity index (χ3n) is 3.47. The van der Waals surface area contributed by atoms with Crippen LogP contribution in [0.5, 0.6) is 5.75 Å². The van der Waals surface area contributed by atoms with Gasteiger partial charge in [-0.3, -0.25) is 0 Å². The molecule has 3 nitrogen and oxygen atoms in total. The number of hydrogen-bond acceptors (Lipinski definition) is 3. The smallest absolute Gasteiger partial charge is 0.122 e.